The lowest BCUT2D eigenvalue weighted by atomic mass is 10.00. The van der Waals surface area contributed by atoms with Crippen molar-refractivity contribution >= 4 is 22.7 Å². The van der Waals surface area contributed by atoms with E-state index in [9.17, 15) is 9.90 Å². The topological polar surface area (TPSA) is 54.7 Å². The summed E-state index contributed by atoms with van der Waals surface area (Å²) in [6.07, 6.45) is -0.321. The van der Waals surface area contributed by atoms with Crippen molar-refractivity contribution in [1.82, 2.24) is 4.57 Å². The van der Waals surface area contributed by atoms with Crippen LogP contribution in [0.2, 0.25) is 0 Å². The van der Waals surface area contributed by atoms with Gasteiger partial charge in [-0.05, 0) is 38.8 Å². The van der Waals surface area contributed by atoms with Gasteiger partial charge >= 0.3 is 6.09 Å². The highest BCUT2D eigenvalue weighted by molar-refractivity contribution is 6.01. The standard InChI is InChI=1S/C19H26N2O3/c1-12(2)16-10-20(18(23)24-19(3,4)5)15-8-6-7-13-9-14(11-22)21(16)17(13)15/h6-9,12,16,22H,10-11H2,1-5H3. The summed E-state index contributed by atoms with van der Waals surface area (Å²) in [6.45, 7) is 10.4. The molecule has 130 valence electrons. The molecule has 5 nitrogen and oxygen atoms in total. The third-order valence-electron chi connectivity index (χ3n) is 4.46. The molecule has 1 atom stereocenters. The fraction of sp³-hybridized carbons (Fsp3) is 0.526. The van der Waals surface area contributed by atoms with E-state index in [-0.39, 0.29) is 18.7 Å². The van der Waals surface area contributed by atoms with Crippen molar-refractivity contribution < 1.29 is 14.6 Å². The van der Waals surface area contributed by atoms with Crippen molar-refractivity contribution in [3.63, 3.8) is 0 Å². The number of aliphatic hydroxyl groups is 1. The Hall–Kier alpha value is -2.01. The van der Waals surface area contributed by atoms with Gasteiger partial charge < -0.3 is 14.4 Å². The third kappa shape index (κ3) is 2.77. The fourth-order valence-electron chi connectivity index (χ4n) is 3.40. The Balaban J connectivity index is 2.16. The first-order valence-electron chi connectivity index (χ1n) is 8.47. The lowest BCUT2D eigenvalue weighted by Gasteiger charge is -2.38. The van der Waals surface area contributed by atoms with Crippen LogP contribution in [-0.4, -0.2) is 27.9 Å². The van der Waals surface area contributed by atoms with Gasteiger partial charge in [-0.1, -0.05) is 26.0 Å². The largest absolute Gasteiger partial charge is 0.443 e. The first kappa shape index (κ1) is 16.8. The van der Waals surface area contributed by atoms with Crippen molar-refractivity contribution in [3.05, 3.63) is 30.0 Å². The summed E-state index contributed by atoms with van der Waals surface area (Å²) in [6, 6.07) is 8.01. The van der Waals surface area contributed by atoms with Gasteiger partial charge in [0.2, 0.25) is 0 Å². The van der Waals surface area contributed by atoms with Crippen LogP contribution in [0.3, 0.4) is 0 Å². The SMILES string of the molecule is CC(C)C1CN(C(=O)OC(C)(C)C)c2cccc3cc(CO)n1c23. The maximum absolute atomic E-state index is 12.8. The second kappa shape index (κ2) is 5.81. The van der Waals surface area contributed by atoms with Crippen LogP contribution >= 0.6 is 0 Å². The van der Waals surface area contributed by atoms with Crippen LogP contribution < -0.4 is 4.90 Å². The quantitative estimate of drug-likeness (QED) is 0.902. The summed E-state index contributed by atoms with van der Waals surface area (Å²) in [7, 11) is 0. The lowest BCUT2D eigenvalue weighted by Crippen LogP contribution is -2.44. The molecule has 3 rings (SSSR count). The number of hydrogen-bond acceptors (Lipinski definition) is 3. The summed E-state index contributed by atoms with van der Waals surface area (Å²) in [5.41, 5.74) is 2.20. The smallest absolute Gasteiger partial charge is 0.414 e. The summed E-state index contributed by atoms with van der Waals surface area (Å²) in [5.74, 6) is 0.323. The number of benzene rings is 1. The molecule has 0 spiro atoms. The van der Waals surface area contributed by atoms with E-state index in [1.807, 2.05) is 45.0 Å². The Morgan fingerprint density at radius 1 is 1.38 bits per heavy atom. The second-order valence-corrected chi connectivity index (χ2v) is 7.78. The second-order valence-electron chi connectivity index (χ2n) is 7.78. The highest BCUT2D eigenvalue weighted by Crippen LogP contribution is 2.40. The van der Waals surface area contributed by atoms with Gasteiger partial charge in [0.05, 0.1) is 30.4 Å². The summed E-state index contributed by atoms with van der Waals surface area (Å²) >= 11 is 0. The van der Waals surface area contributed by atoms with Gasteiger partial charge in [-0.15, -0.1) is 0 Å². The molecule has 1 N–H and O–H groups in total. The van der Waals surface area contributed by atoms with Crippen LogP contribution in [0.1, 0.15) is 46.4 Å². The van der Waals surface area contributed by atoms with E-state index >= 15 is 0 Å². The van der Waals surface area contributed by atoms with E-state index in [1.54, 1.807) is 4.90 Å². The van der Waals surface area contributed by atoms with Crippen LogP contribution in [0.25, 0.3) is 10.9 Å². The molecule has 0 radical (unpaired) electrons. The van der Waals surface area contributed by atoms with Gasteiger partial charge in [-0.25, -0.2) is 4.79 Å². The van der Waals surface area contributed by atoms with Crippen molar-refractivity contribution in [2.24, 2.45) is 5.92 Å². The van der Waals surface area contributed by atoms with E-state index in [0.29, 0.717) is 12.5 Å². The Labute approximate surface area is 142 Å². The predicted octanol–water partition coefficient (Wildman–Crippen LogP) is 4.09. The average Bonchev–Trinajstić information content (AvgIpc) is 2.86. The Bertz CT molecular complexity index is 771. The van der Waals surface area contributed by atoms with Crippen molar-refractivity contribution in [2.75, 3.05) is 11.4 Å². The number of amides is 1. The van der Waals surface area contributed by atoms with Crippen LogP contribution in [0.15, 0.2) is 24.3 Å². The number of ether oxygens (including phenoxy) is 1. The molecule has 0 saturated carbocycles. The molecule has 0 fully saturated rings. The normalized spacial score (nSPS) is 17.6. The molecule has 1 unspecified atom stereocenters. The molecule has 1 aromatic heterocycles. The summed E-state index contributed by atoms with van der Waals surface area (Å²) in [4.78, 5) is 14.5. The number of rotatable bonds is 2. The van der Waals surface area contributed by atoms with Crippen molar-refractivity contribution in [1.29, 1.82) is 0 Å². The van der Waals surface area contributed by atoms with Crippen molar-refractivity contribution in [3.8, 4) is 0 Å². The number of anilines is 1. The molecule has 5 heteroatoms. The lowest BCUT2D eigenvalue weighted by molar-refractivity contribution is 0.0570. The molecule has 0 aliphatic carbocycles. The van der Waals surface area contributed by atoms with Crippen LogP contribution in [-0.2, 0) is 11.3 Å². The van der Waals surface area contributed by atoms with E-state index < -0.39 is 5.60 Å². The maximum Gasteiger partial charge on any atom is 0.414 e. The summed E-state index contributed by atoms with van der Waals surface area (Å²) < 4.78 is 7.80. The zero-order chi connectivity index (χ0) is 17.6. The number of aromatic nitrogens is 1. The Kier molecular flexibility index (Phi) is 4.08. The van der Waals surface area contributed by atoms with E-state index in [0.717, 1.165) is 22.3 Å². The number of nitrogens with zero attached hydrogens (tertiary/aromatic N) is 2. The predicted molar refractivity (Wildman–Crippen MR) is 95.3 cm³/mol. The molecular formula is C19H26N2O3. The highest BCUT2D eigenvalue weighted by atomic mass is 16.6. The molecule has 1 aliphatic rings. The number of para-hydroxylation sites is 1. The fourth-order valence-corrected chi connectivity index (χ4v) is 3.40. The van der Waals surface area contributed by atoms with Gasteiger partial charge in [0, 0.05) is 11.1 Å². The van der Waals surface area contributed by atoms with E-state index in [4.69, 9.17) is 4.74 Å². The molecule has 24 heavy (non-hydrogen) atoms. The van der Waals surface area contributed by atoms with Gasteiger partial charge in [-0.2, -0.15) is 0 Å². The number of carbonyl (C=O) groups is 1. The molecule has 1 aliphatic heterocycles. The minimum Gasteiger partial charge on any atom is -0.443 e. The van der Waals surface area contributed by atoms with E-state index in [1.165, 1.54) is 0 Å². The number of carbonyl (C=O) groups excluding carboxylic acids is 1. The van der Waals surface area contributed by atoms with Gasteiger partial charge in [0.1, 0.15) is 5.60 Å². The number of hydrogen-bond donors (Lipinski definition) is 1. The molecule has 1 aromatic carbocycles. The molecule has 2 aromatic rings. The first-order chi connectivity index (χ1) is 11.2. The average molecular weight is 330 g/mol. The van der Waals surface area contributed by atoms with Gasteiger partial charge in [0.25, 0.3) is 0 Å². The Morgan fingerprint density at radius 2 is 2.08 bits per heavy atom. The third-order valence-corrected chi connectivity index (χ3v) is 4.46. The molecule has 0 bridgehead atoms. The Morgan fingerprint density at radius 3 is 2.67 bits per heavy atom. The minimum atomic E-state index is -0.534. The van der Waals surface area contributed by atoms with Crippen LogP contribution in [0, 0.1) is 5.92 Å². The molecule has 1 amide bonds. The van der Waals surface area contributed by atoms with E-state index in [2.05, 4.69) is 18.4 Å². The van der Waals surface area contributed by atoms with Crippen LogP contribution in [0.4, 0.5) is 10.5 Å². The summed E-state index contributed by atoms with van der Waals surface area (Å²) in [5, 5.41) is 10.8. The van der Waals surface area contributed by atoms with Gasteiger partial charge in [0.15, 0.2) is 0 Å². The van der Waals surface area contributed by atoms with Crippen LogP contribution in [0.5, 0.6) is 0 Å². The minimum absolute atomic E-state index is 0.0101. The zero-order valence-electron chi connectivity index (χ0n) is 15.0. The number of aliphatic hydroxyl groups excluding tert-OH is 1. The first-order valence-corrected chi connectivity index (χ1v) is 8.47. The monoisotopic (exact) mass is 330 g/mol. The van der Waals surface area contributed by atoms with Gasteiger partial charge in [-0.3, -0.25) is 4.90 Å². The zero-order valence-corrected chi connectivity index (χ0v) is 15.0. The highest BCUT2D eigenvalue weighted by Gasteiger charge is 2.35. The molecule has 2 heterocycles. The molecular weight excluding hydrogens is 304 g/mol. The maximum atomic E-state index is 12.8. The molecule has 0 saturated heterocycles. The van der Waals surface area contributed by atoms with Crippen molar-refractivity contribution in [2.45, 2.75) is 52.9 Å².